The van der Waals surface area contributed by atoms with Crippen LogP contribution in [0.5, 0.6) is 5.88 Å². The maximum Gasteiger partial charge on any atom is 0.231 e. The zero-order valence-electron chi connectivity index (χ0n) is 18.5. The van der Waals surface area contributed by atoms with Gasteiger partial charge in [-0.1, -0.05) is 29.8 Å². The zero-order chi connectivity index (χ0) is 22.2. The van der Waals surface area contributed by atoms with Gasteiger partial charge in [0.2, 0.25) is 5.88 Å². The number of aryl methyl sites for hydroxylation is 1. The van der Waals surface area contributed by atoms with Crippen LogP contribution in [-0.4, -0.2) is 86.8 Å². The van der Waals surface area contributed by atoms with E-state index in [-0.39, 0.29) is 0 Å². The van der Waals surface area contributed by atoms with Crippen LogP contribution >= 0.6 is 0 Å². The van der Waals surface area contributed by atoms with Gasteiger partial charge in [-0.05, 0) is 12.5 Å². The van der Waals surface area contributed by atoms with Crippen molar-refractivity contribution in [1.82, 2.24) is 9.63 Å². The van der Waals surface area contributed by atoms with Crippen molar-refractivity contribution in [1.29, 1.82) is 0 Å². The fourth-order valence-electron chi connectivity index (χ4n) is 3.72. The Bertz CT molecular complexity index is 979. The molecule has 2 aliphatic heterocycles. The molecule has 3 heterocycles. The van der Waals surface area contributed by atoms with Gasteiger partial charge in [0, 0.05) is 50.5 Å². The summed E-state index contributed by atoms with van der Waals surface area (Å²) in [6.45, 7) is 9.41. The molecule has 9 heteroatoms. The highest BCUT2D eigenvalue weighted by molar-refractivity contribution is 5.79. The first-order valence-electron chi connectivity index (χ1n) is 11.0. The monoisotopic (exact) mass is 441 g/mol. The molecule has 1 aromatic heterocycles. The standard InChI is InChI=1S/C23H31N5O4/c1-19-3-2-4-20(15-19)18-24-25-22-16-21(27-8-12-31-13-9-27)17-23(28(22)29)32-14-7-26-5-10-30-11-6-26/h2-4,15-18,29H,5-14H2,1H3/b24-18+,25-22+. The van der Waals surface area contributed by atoms with E-state index in [9.17, 15) is 5.21 Å². The van der Waals surface area contributed by atoms with Crippen LogP contribution in [0.1, 0.15) is 11.1 Å². The van der Waals surface area contributed by atoms with Crippen LogP contribution in [0.25, 0.3) is 0 Å². The van der Waals surface area contributed by atoms with Crippen molar-refractivity contribution in [3.63, 3.8) is 0 Å². The number of benzene rings is 1. The number of rotatable bonds is 7. The van der Waals surface area contributed by atoms with Crippen molar-refractivity contribution in [2.45, 2.75) is 6.92 Å². The molecule has 4 rings (SSSR count). The van der Waals surface area contributed by atoms with Crippen LogP contribution in [0.4, 0.5) is 5.69 Å². The zero-order valence-corrected chi connectivity index (χ0v) is 18.5. The number of nitrogens with zero attached hydrogens (tertiary/aromatic N) is 5. The summed E-state index contributed by atoms with van der Waals surface area (Å²) in [7, 11) is 0. The normalized spacial score (nSPS) is 18.4. The Morgan fingerprint density at radius 1 is 1.03 bits per heavy atom. The molecule has 9 nitrogen and oxygen atoms in total. The number of pyridine rings is 1. The van der Waals surface area contributed by atoms with E-state index in [1.807, 2.05) is 43.3 Å². The van der Waals surface area contributed by atoms with Crippen LogP contribution in [0.15, 0.2) is 46.6 Å². The molecule has 32 heavy (non-hydrogen) atoms. The maximum atomic E-state index is 10.7. The van der Waals surface area contributed by atoms with Crippen molar-refractivity contribution < 1.29 is 19.4 Å². The molecule has 2 aliphatic rings. The highest BCUT2D eigenvalue weighted by atomic mass is 16.6. The summed E-state index contributed by atoms with van der Waals surface area (Å²) in [6, 6.07) is 11.6. The average Bonchev–Trinajstić information content (AvgIpc) is 2.82. The SMILES string of the molecule is Cc1cccc(/C=N/N=c2\cc(N3CCOCC3)cc(OCCN3CCOCC3)n2O)c1. The van der Waals surface area contributed by atoms with Crippen molar-refractivity contribution in [3.8, 4) is 5.88 Å². The van der Waals surface area contributed by atoms with Crippen LogP contribution in [0, 0.1) is 6.92 Å². The van der Waals surface area contributed by atoms with Crippen LogP contribution in [-0.2, 0) is 9.47 Å². The van der Waals surface area contributed by atoms with Crippen LogP contribution in [0.2, 0.25) is 0 Å². The third-order valence-electron chi connectivity index (χ3n) is 5.52. The van der Waals surface area contributed by atoms with Gasteiger partial charge in [-0.25, -0.2) is 0 Å². The molecule has 2 saturated heterocycles. The Morgan fingerprint density at radius 3 is 2.53 bits per heavy atom. The van der Waals surface area contributed by atoms with Gasteiger partial charge in [-0.3, -0.25) is 4.90 Å². The summed E-state index contributed by atoms with van der Waals surface area (Å²) < 4.78 is 17.8. The molecule has 0 amide bonds. The quantitative estimate of drug-likeness (QED) is 0.399. The van der Waals surface area contributed by atoms with E-state index < -0.39 is 0 Å². The minimum absolute atomic E-state index is 0.305. The number of morpholine rings is 2. The van der Waals surface area contributed by atoms with Crippen LogP contribution in [0.3, 0.4) is 0 Å². The minimum atomic E-state index is 0.305. The first kappa shape index (κ1) is 22.3. The van der Waals surface area contributed by atoms with Gasteiger partial charge in [-0.2, -0.15) is 5.10 Å². The molecule has 0 bridgehead atoms. The first-order valence-corrected chi connectivity index (χ1v) is 11.0. The molecule has 1 aromatic carbocycles. The number of aromatic nitrogens is 1. The number of hydrogen-bond acceptors (Lipinski definition) is 8. The topological polar surface area (TPSA) is 84.0 Å². The lowest BCUT2D eigenvalue weighted by Crippen LogP contribution is -2.39. The molecule has 0 radical (unpaired) electrons. The van der Waals surface area contributed by atoms with Gasteiger partial charge in [0.25, 0.3) is 0 Å². The fraction of sp³-hybridized carbons (Fsp3) is 0.478. The van der Waals surface area contributed by atoms with E-state index in [4.69, 9.17) is 14.2 Å². The largest absolute Gasteiger partial charge is 0.475 e. The van der Waals surface area contributed by atoms with Crippen molar-refractivity contribution >= 4 is 11.9 Å². The Labute approximate surface area is 188 Å². The van der Waals surface area contributed by atoms with Crippen molar-refractivity contribution in [2.24, 2.45) is 10.2 Å². The highest BCUT2D eigenvalue weighted by Gasteiger charge is 2.16. The molecule has 0 aliphatic carbocycles. The highest BCUT2D eigenvalue weighted by Crippen LogP contribution is 2.19. The lowest BCUT2D eigenvalue weighted by Gasteiger charge is -2.29. The third-order valence-corrected chi connectivity index (χ3v) is 5.52. The third kappa shape index (κ3) is 6.09. The molecule has 0 atom stereocenters. The molecule has 1 N–H and O–H groups in total. The predicted molar refractivity (Wildman–Crippen MR) is 122 cm³/mol. The molecular weight excluding hydrogens is 410 g/mol. The summed E-state index contributed by atoms with van der Waals surface area (Å²) in [4.78, 5) is 4.48. The van der Waals surface area contributed by atoms with E-state index in [1.165, 1.54) is 0 Å². The predicted octanol–water partition coefficient (Wildman–Crippen LogP) is 1.52. The molecule has 0 saturated carbocycles. The maximum absolute atomic E-state index is 10.7. The van der Waals surface area contributed by atoms with E-state index in [2.05, 4.69) is 20.0 Å². The molecule has 172 valence electrons. The Kier molecular flexibility index (Phi) is 7.76. The Balaban J connectivity index is 1.55. The second-order valence-corrected chi connectivity index (χ2v) is 7.88. The summed E-state index contributed by atoms with van der Waals surface area (Å²) >= 11 is 0. The van der Waals surface area contributed by atoms with Gasteiger partial charge >= 0.3 is 0 Å². The lowest BCUT2D eigenvalue weighted by molar-refractivity contribution is 0.0297. The van der Waals surface area contributed by atoms with Gasteiger partial charge in [-0.15, -0.1) is 9.83 Å². The molecule has 2 aromatic rings. The summed E-state index contributed by atoms with van der Waals surface area (Å²) in [6.07, 6.45) is 1.67. The molecule has 0 spiro atoms. The first-order chi connectivity index (χ1) is 15.7. The molecule has 0 unspecified atom stereocenters. The van der Waals surface area contributed by atoms with E-state index in [1.54, 1.807) is 6.21 Å². The number of hydrogen-bond donors (Lipinski definition) is 1. The van der Waals surface area contributed by atoms with E-state index in [0.29, 0.717) is 31.2 Å². The number of anilines is 1. The van der Waals surface area contributed by atoms with Gasteiger partial charge in [0.1, 0.15) is 6.61 Å². The second kappa shape index (κ2) is 11.1. The van der Waals surface area contributed by atoms with E-state index >= 15 is 0 Å². The Morgan fingerprint density at radius 2 is 1.78 bits per heavy atom. The van der Waals surface area contributed by atoms with Crippen molar-refractivity contribution in [2.75, 3.05) is 70.7 Å². The molecule has 2 fully saturated rings. The summed E-state index contributed by atoms with van der Waals surface area (Å²) in [5.41, 5.74) is 3.32. The van der Waals surface area contributed by atoms with Crippen LogP contribution < -0.4 is 15.1 Å². The minimum Gasteiger partial charge on any atom is -0.475 e. The average molecular weight is 442 g/mol. The van der Waals surface area contributed by atoms with Gasteiger partial charge < -0.3 is 24.3 Å². The smallest absolute Gasteiger partial charge is 0.231 e. The van der Waals surface area contributed by atoms with E-state index in [0.717, 1.165) is 67.5 Å². The number of ether oxygens (including phenoxy) is 3. The summed E-state index contributed by atoms with van der Waals surface area (Å²) in [5.74, 6) is 0.340. The Hall–Kier alpha value is -2.88. The summed E-state index contributed by atoms with van der Waals surface area (Å²) in [5, 5.41) is 19.2. The second-order valence-electron chi connectivity index (χ2n) is 7.88. The molecular formula is C23H31N5O4. The van der Waals surface area contributed by atoms with Crippen molar-refractivity contribution in [3.05, 3.63) is 53.0 Å². The lowest BCUT2D eigenvalue weighted by atomic mass is 10.2. The van der Waals surface area contributed by atoms with Gasteiger partial charge in [0.15, 0.2) is 5.49 Å². The fourth-order valence-corrected chi connectivity index (χ4v) is 3.72. The van der Waals surface area contributed by atoms with Gasteiger partial charge in [0.05, 0.1) is 32.6 Å².